The summed E-state index contributed by atoms with van der Waals surface area (Å²) in [5.41, 5.74) is 0.391. The fourth-order valence-corrected chi connectivity index (χ4v) is 3.22. The molecular formula is C19H17NO7S. The van der Waals surface area contributed by atoms with E-state index >= 15 is 0 Å². The summed E-state index contributed by atoms with van der Waals surface area (Å²) in [6.07, 6.45) is 1.34. The van der Waals surface area contributed by atoms with Gasteiger partial charge in [-0.1, -0.05) is 17.2 Å². The van der Waals surface area contributed by atoms with Gasteiger partial charge in [-0.15, -0.1) is 0 Å². The van der Waals surface area contributed by atoms with Gasteiger partial charge < -0.3 is 9.57 Å². The molecule has 9 heteroatoms. The van der Waals surface area contributed by atoms with Crippen molar-refractivity contribution in [2.45, 2.75) is 17.7 Å². The van der Waals surface area contributed by atoms with Crippen molar-refractivity contribution in [1.82, 2.24) is 5.06 Å². The van der Waals surface area contributed by atoms with Crippen LogP contribution in [0.2, 0.25) is 0 Å². The molecule has 0 saturated heterocycles. The van der Waals surface area contributed by atoms with Gasteiger partial charge in [0.2, 0.25) is 0 Å². The quantitative estimate of drug-likeness (QED) is 0.514. The summed E-state index contributed by atoms with van der Waals surface area (Å²) in [7, 11) is -3.27. The predicted octanol–water partition coefficient (Wildman–Crippen LogP) is 2.00. The van der Waals surface area contributed by atoms with Crippen LogP contribution in [0.25, 0.3) is 0 Å². The molecule has 0 fully saturated rings. The second kappa shape index (κ2) is 7.81. The Balaban J connectivity index is 1.46. The molecule has 28 heavy (non-hydrogen) atoms. The first kappa shape index (κ1) is 19.6. The van der Waals surface area contributed by atoms with Gasteiger partial charge in [0.05, 0.1) is 29.1 Å². The van der Waals surface area contributed by atoms with Gasteiger partial charge >= 0.3 is 5.97 Å². The van der Waals surface area contributed by atoms with E-state index in [1.165, 1.54) is 36.4 Å². The molecule has 0 aliphatic carbocycles. The minimum Gasteiger partial charge on any atom is -0.494 e. The Morgan fingerprint density at radius 2 is 1.54 bits per heavy atom. The molecule has 0 saturated carbocycles. The molecule has 0 spiro atoms. The van der Waals surface area contributed by atoms with Crippen molar-refractivity contribution < 1.29 is 32.4 Å². The molecule has 0 radical (unpaired) electrons. The number of carbonyl (C=O) groups excluding carboxylic acids is 3. The van der Waals surface area contributed by atoms with Crippen LogP contribution in [0.15, 0.2) is 53.4 Å². The number of carbonyl (C=O) groups is 3. The highest BCUT2D eigenvalue weighted by Crippen LogP contribution is 2.23. The molecule has 0 unspecified atom stereocenters. The van der Waals surface area contributed by atoms with Gasteiger partial charge in [0.1, 0.15) is 5.75 Å². The fraction of sp³-hybridized carbons (Fsp3) is 0.211. The molecule has 0 bridgehead atoms. The first-order chi connectivity index (χ1) is 13.3. The van der Waals surface area contributed by atoms with E-state index in [-0.39, 0.29) is 35.5 Å². The first-order valence-corrected chi connectivity index (χ1v) is 10.3. The van der Waals surface area contributed by atoms with Crippen molar-refractivity contribution in [3.8, 4) is 5.75 Å². The molecule has 1 aliphatic rings. The van der Waals surface area contributed by atoms with Gasteiger partial charge in [-0.05, 0) is 42.8 Å². The number of rotatable bonds is 7. The van der Waals surface area contributed by atoms with Crippen molar-refractivity contribution in [2.75, 3.05) is 12.9 Å². The van der Waals surface area contributed by atoms with Gasteiger partial charge in [0, 0.05) is 6.26 Å². The molecule has 1 aliphatic heterocycles. The zero-order valence-corrected chi connectivity index (χ0v) is 15.8. The lowest BCUT2D eigenvalue weighted by atomic mass is 10.1. The smallest absolute Gasteiger partial charge is 0.333 e. The predicted molar refractivity (Wildman–Crippen MR) is 97.3 cm³/mol. The zero-order valence-electron chi connectivity index (χ0n) is 15.0. The molecule has 2 aromatic carbocycles. The minimum absolute atomic E-state index is 0.0607. The lowest BCUT2D eigenvalue weighted by Gasteiger charge is -2.12. The number of amides is 2. The van der Waals surface area contributed by atoms with Crippen LogP contribution in [0.5, 0.6) is 5.75 Å². The number of hydroxylamine groups is 2. The Hall–Kier alpha value is -3.20. The zero-order chi connectivity index (χ0) is 20.3. The second-order valence-corrected chi connectivity index (χ2v) is 8.12. The normalized spacial score (nSPS) is 13.4. The van der Waals surface area contributed by atoms with E-state index in [0.29, 0.717) is 10.8 Å². The van der Waals surface area contributed by atoms with E-state index in [4.69, 9.17) is 9.57 Å². The molecule has 2 aromatic rings. The van der Waals surface area contributed by atoms with Gasteiger partial charge in [-0.25, -0.2) is 13.2 Å². The maximum Gasteiger partial charge on any atom is 0.333 e. The molecular weight excluding hydrogens is 386 g/mol. The Morgan fingerprint density at radius 1 is 0.964 bits per heavy atom. The summed E-state index contributed by atoms with van der Waals surface area (Å²) < 4.78 is 28.2. The average Bonchev–Trinajstić information content (AvgIpc) is 2.90. The third kappa shape index (κ3) is 4.20. The van der Waals surface area contributed by atoms with Crippen molar-refractivity contribution in [3.05, 3.63) is 59.7 Å². The molecule has 0 aromatic heterocycles. The summed E-state index contributed by atoms with van der Waals surface area (Å²) in [6, 6.07) is 12.1. The number of hydrogen-bond acceptors (Lipinski definition) is 7. The SMILES string of the molecule is CS(=O)(=O)c1ccc(OCCCC(=O)ON2C(=O)c3ccccc3C2=O)cc1. The first-order valence-electron chi connectivity index (χ1n) is 8.39. The van der Waals surface area contributed by atoms with Crippen LogP contribution < -0.4 is 4.74 Å². The molecule has 1 heterocycles. The third-order valence-electron chi connectivity index (χ3n) is 4.00. The third-order valence-corrected chi connectivity index (χ3v) is 5.12. The summed E-state index contributed by atoms with van der Waals surface area (Å²) >= 11 is 0. The average molecular weight is 403 g/mol. The molecule has 8 nitrogen and oxygen atoms in total. The summed E-state index contributed by atoms with van der Waals surface area (Å²) in [4.78, 5) is 41.2. The highest BCUT2D eigenvalue weighted by atomic mass is 32.2. The number of nitrogens with zero attached hydrogens (tertiary/aromatic N) is 1. The fourth-order valence-electron chi connectivity index (χ4n) is 2.59. The highest BCUT2D eigenvalue weighted by Gasteiger charge is 2.38. The molecule has 2 amide bonds. The Bertz CT molecular complexity index is 994. The summed E-state index contributed by atoms with van der Waals surface area (Å²) in [5.74, 6) is -1.61. The van der Waals surface area contributed by atoms with E-state index in [1.807, 2.05) is 0 Å². The van der Waals surface area contributed by atoms with Gasteiger partial charge in [0.25, 0.3) is 11.8 Å². The number of hydrogen-bond donors (Lipinski definition) is 0. The van der Waals surface area contributed by atoms with Crippen LogP contribution in [0.4, 0.5) is 0 Å². The van der Waals surface area contributed by atoms with E-state index in [0.717, 1.165) is 6.26 Å². The molecule has 3 rings (SSSR count). The van der Waals surface area contributed by atoms with E-state index < -0.39 is 27.6 Å². The maximum atomic E-state index is 12.1. The number of imide groups is 1. The van der Waals surface area contributed by atoms with E-state index in [2.05, 4.69) is 0 Å². The number of fused-ring (bicyclic) bond motifs is 1. The van der Waals surface area contributed by atoms with Crippen LogP contribution in [-0.4, -0.2) is 44.1 Å². The molecule has 146 valence electrons. The van der Waals surface area contributed by atoms with Gasteiger partial charge in [-0.3, -0.25) is 9.59 Å². The van der Waals surface area contributed by atoms with Crippen LogP contribution in [-0.2, 0) is 19.5 Å². The number of ether oxygens (including phenoxy) is 1. The summed E-state index contributed by atoms with van der Waals surface area (Å²) in [6.45, 7) is 0.176. The number of benzene rings is 2. The molecule has 0 atom stereocenters. The van der Waals surface area contributed by atoms with Crippen LogP contribution in [0.1, 0.15) is 33.6 Å². The van der Waals surface area contributed by atoms with Crippen molar-refractivity contribution >= 4 is 27.6 Å². The Labute approximate surface area is 161 Å². The summed E-state index contributed by atoms with van der Waals surface area (Å²) in [5, 5.41) is 0.470. The monoisotopic (exact) mass is 403 g/mol. The highest BCUT2D eigenvalue weighted by molar-refractivity contribution is 7.90. The van der Waals surface area contributed by atoms with Crippen molar-refractivity contribution in [3.63, 3.8) is 0 Å². The topological polar surface area (TPSA) is 107 Å². The second-order valence-electron chi connectivity index (χ2n) is 6.11. The lowest BCUT2D eigenvalue weighted by molar-refractivity contribution is -0.168. The van der Waals surface area contributed by atoms with E-state index in [1.54, 1.807) is 12.1 Å². The van der Waals surface area contributed by atoms with Crippen molar-refractivity contribution in [2.24, 2.45) is 0 Å². The Morgan fingerprint density at radius 3 is 2.07 bits per heavy atom. The van der Waals surface area contributed by atoms with Crippen LogP contribution in [0.3, 0.4) is 0 Å². The van der Waals surface area contributed by atoms with Crippen LogP contribution >= 0.6 is 0 Å². The Kier molecular flexibility index (Phi) is 5.46. The van der Waals surface area contributed by atoms with Gasteiger partial charge in [-0.2, -0.15) is 0 Å². The minimum atomic E-state index is -3.27. The lowest BCUT2D eigenvalue weighted by Crippen LogP contribution is -2.32. The standard InChI is InChI=1S/C19H17NO7S/c1-28(24,25)14-10-8-13(9-11-14)26-12-4-7-17(21)27-20-18(22)15-5-2-3-6-16(15)19(20)23/h2-3,5-6,8-11H,4,7,12H2,1H3. The van der Waals surface area contributed by atoms with E-state index in [9.17, 15) is 22.8 Å². The maximum absolute atomic E-state index is 12.1. The van der Waals surface area contributed by atoms with Gasteiger partial charge in [0.15, 0.2) is 9.84 Å². The largest absolute Gasteiger partial charge is 0.494 e. The molecule has 0 N–H and O–H groups in total. The van der Waals surface area contributed by atoms with Crippen LogP contribution in [0, 0.1) is 0 Å². The van der Waals surface area contributed by atoms with Crippen molar-refractivity contribution in [1.29, 1.82) is 0 Å². The number of sulfone groups is 1.